The average molecular weight is 427 g/mol. The zero-order valence-corrected chi connectivity index (χ0v) is 18.4. The molecule has 6 nitrogen and oxygen atoms in total. The lowest BCUT2D eigenvalue weighted by Gasteiger charge is -2.43. The van der Waals surface area contributed by atoms with Gasteiger partial charge >= 0.3 is 6.03 Å². The minimum absolute atomic E-state index is 0.129. The van der Waals surface area contributed by atoms with Gasteiger partial charge in [0.15, 0.2) is 0 Å². The topological polar surface area (TPSA) is 71.2 Å². The molecule has 1 fully saturated rings. The van der Waals surface area contributed by atoms with Gasteiger partial charge in [-0.3, -0.25) is 9.80 Å². The number of halogens is 1. The SMILES string of the molecule is C\C=C/C=C(F)\C=C\N1C(=O)N=C(N)C12CCN(Cc1cccc(OC(C)C)c1)CC2. The second kappa shape index (κ2) is 9.92. The van der Waals surface area contributed by atoms with Crippen LogP contribution in [0.4, 0.5) is 9.18 Å². The van der Waals surface area contributed by atoms with E-state index < -0.39 is 17.4 Å². The Morgan fingerprint density at radius 2 is 2.10 bits per heavy atom. The van der Waals surface area contributed by atoms with Gasteiger partial charge < -0.3 is 10.5 Å². The highest BCUT2D eigenvalue weighted by Gasteiger charge is 2.49. The highest BCUT2D eigenvalue weighted by atomic mass is 19.1. The smallest absolute Gasteiger partial charge is 0.350 e. The van der Waals surface area contributed by atoms with Gasteiger partial charge in [0.1, 0.15) is 23.0 Å². The molecule has 0 aliphatic carbocycles. The Hall–Kier alpha value is -2.93. The number of nitrogens with zero attached hydrogens (tertiary/aromatic N) is 3. The maximum absolute atomic E-state index is 13.9. The summed E-state index contributed by atoms with van der Waals surface area (Å²) in [7, 11) is 0. The van der Waals surface area contributed by atoms with E-state index in [0.717, 1.165) is 25.4 Å². The minimum atomic E-state index is -0.687. The summed E-state index contributed by atoms with van der Waals surface area (Å²) in [6, 6.07) is 7.67. The number of hydrogen-bond acceptors (Lipinski definition) is 4. The molecule has 2 aliphatic rings. The van der Waals surface area contributed by atoms with E-state index in [1.165, 1.54) is 28.8 Å². The summed E-state index contributed by atoms with van der Waals surface area (Å²) in [5, 5.41) is 0. The fourth-order valence-electron chi connectivity index (χ4n) is 3.99. The number of hydrogen-bond donors (Lipinski definition) is 1. The van der Waals surface area contributed by atoms with Gasteiger partial charge in [0.2, 0.25) is 0 Å². The Morgan fingerprint density at radius 3 is 2.77 bits per heavy atom. The molecule has 2 N–H and O–H groups in total. The molecule has 2 heterocycles. The van der Waals surface area contributed by atoms with Crippen molar-refractivity contribution in [2.45, 2.75) is 51.8 Å². The van der Waals surface area contributed by atoms with Crippen LogP contribution in [0.25, 0.3) is 0 Å². The molecular formula is C24H31FN4O2. The number of rotatable bonds is 7. The second-order valence-corrected chi connectivity index (χ2v) is 8.16. The van der Waals surface area contributed by atoms with E-state index in [1.807, 2.05) is 32.9 Å². The lowest BCUT2D eigenvalue weighted by atomic mass is 9.85. The highest BCUT2D eigenvalue weighted by Crippen LogP contribution is 2.35. The molecule has 0 atom stereocenters. The molecule has 1 aromatic rings. The Labute approximate surface area is 183 Å². The zero-order valence-electron chi connectivity index (χ0n) is 18.4. The van der Waals surface area contributed by atoms with E-state index in [0.29, 0.717) is 18.7 Å². The van der Waals surface area contributed by atoms with Crippen LogP contribution < -0.4 is 10.5 Å². The van der Waals surface area contributed by atoms with Gasteiger partial charge in [-0.25, -0.2) is 9.18 Å². The van der Waals surface area contributed by atoms with Crippen LogP contribution in [0.5, 0.6) is 5.75 Å². The van der Waals surface area contributed by atoms with Crippen LogP contribution in [0.1, 0.15) is 39.2 Å². The van der Waals surface area contributed by atoms with Gasteiger partial charge in [0, 0.05) is 25.8 Å². The summed E-state index contributed by atoms with van der Waals surface area (Å²) in [4.78, 5) is 20.2. The molecule has 1 aromatic carbocycles. The highest BCUT2D eigenvalue weighted by molar-refractivity contribution is 6.06. The summed E-state index contributed by atoms with van der Waals surface area (Å²) >= 11 is 0. The quantitative estimate of drug-likeness (QED) is 0.650. The van der Waals surface area contributed by atoms with Crippen molar-refractivity contribution < 1.29 is 13.9 Å². The van der Waals surface area contributed by atoms with Crippen molar-refractivity contribution in [3.05, 3.63) is 66.2 Å². The first-order chi connectivity index (χ1) is 14.8. The largest absolute Gasteiger partial charge is 0.491 e. The first kappa shape index (κ1) is 22.7. The maximum Gasteiger partial charge on any atom is 0.350 e. The van der Waals surface area contributed by atoms with Crippen LogP contribution in [0.3, 0.4) is 0 Å². The normalized spacial score (nSPS) is 19.9. The van der Waals surface area contributed by atoms with E-state index in [-0.39, 0.29) is 6.10 Å². The Bertz CT molecular complexity index is 912. The van der Waals surface area contributed by atoms with E-state index in [1.54, 1.807) is 12.2 Å². The van der Waals surface area contributed by atoms with Crippen molar-refractivity contribution in [3.8, 4) is 5.75 Å². The molecule has 1 saturated heterocycles. The van der Waals surface area contributed by atoms with Crippen molar-refractivity contribution in [1.82, 2.24) is 9.80 Å². The third-order valence-corrected chi connectivity index (χ3v) is 5.55. The van der Waals surface area contributed by atoms with Crippen LogP contribution in [0.15, 0.2) is 65.6 Å². The Kier molecular flexibility index (Phi) is 7.28. The summed E-state index contributed by atoms with van der Waals surface area (Å²) in [5.41, 5.74) is 6.66. The average Bonchev–Trinajstić information content (AvgIpc) is 2.95. The Balaban J connectivity index is 1.67. The molecule has 7 heteroatoms. The van der Waals surface area contributed by atoms with Crippen molar-refractivity contribution in [2.24, 2.45) is 10.7 Å². The third kappa shape index (κ3) is 5.41. The van der Waals surface area contributed by atoms with E-state index in [4.69, 9.17) is 10.5 Å². The van der Waals surface area contributed by atoms with Gasteiger partial charge in [0.05, 0.1) is 6.10 Å². The predicted octanol–water partition coefficient (Wildman–Crippen LogP) is 4.54. The monoisotopic (exact) mass is 426 g/mol. The van der Waals surface area contributed by atoms with Gasteiger partial charge in [-0.2, -0.15) is 4.99 Å². The van der Waals surface area contributed by atoms with Crippen molar-refractivity contribution >= 4 is 11.9 Å². The molecular weight excluding hydrogens is 395 g/mol. The molecule has 0 bridgehead atoms. The number of likely N-dealkylation sites (tertiary alicyclic amines) is 1. The fourth-order valence-corrected chi connectivity index (χ4v) is 3.99. The van der Waals surface area contributed by atoms with Crippen molar-refractivity contribution in [3.63, 3.8) is 0 Å². The molecule has 3 rings (SSSR count). The van der Waals surface area contributed by atoms with Crippen LogP contribution in [0.2, 0.25) is 0 Å². The van der Waals surface area contributed by atoms with E-state index >= 15 is 0 Å². The number of urea groups is 1. The van der Waals surface area contributed by atoms with E-state index in [9.17, 15) is 9.18 Å². The third-order valence-electron chi connectivity index (χ3n) is 5.55. The van der Waals surface area contributed by atoms with Gasteiger partial charge in [-0.05, 0) is 63.5 Å². The van der Waals surface area contributed by atoms with Crippen LogP contribution in [-0.4, -0.2) is 46.4 Å². The minimum Gasteiger partial charge on any atom is -0.491 e. The first-order valence-electron chi connectivity index (χ1n) is 10.7. The number of allylic oxidation sites excluding steroid dienone is 5. The van der Waals surface area contributed by atoms with Gasteiger partial charge in [0.25, 0.3) is 0 Å². The summed E-state index contributed by atoms with van der Waals surface area (Å²) in [6.45, 7) is 8.11. The molecule has 166 valence electrons. The maximum atomic E-state index is 13.9. The van der Waals surface area contributed by atoms with Crippen LogP contribution >= 0.6 is 0 Å². The zero-order chi connectivity index (χ0) is 22.4. The fraction of sp³-hybridized carbons (Fsp3) is 0.417. The summed E-state index contributed by atoms with van der Waals surface area (Å²) in [6.07, 6.45) is 8.83. The van der Waals surface area contributed by atoms with Crippen LogP contribution in [-0.2, 0) is 6.54 Å². The summed E-state index contributed by atoms with van der Waals surface area (Å²) in [5.74, 6) is 0.738. The number of ether oxygens (including phenoxy) is 1. The number of amidine groups is 1. The van der Waals surface area contributed by atoms with E-state index in [2.05, 4.69) is 22.0 Å². The standard InChI is InChI=1S/C24H31FN4O2/c1-4-5-8-20(25)10-13-29-23(30)27-22(26)24(29)11-14-28(15-12-24)17-19-7-6-9-21(16-19)31-18(2)3/h4-10,13,16,18H,11-12,14-15,17H2,1-3H3,(H2,26,27,30)/b5-4-,13-10+,20-8+. The first-order valence-corrected chi connectivity index (χ1v) is 10.7. The second-order valence-electron chi connectivity index (χ2n) is 8.16. The molecule has 2 aliphatic heterocycles. The van der Waals surface area contributed by atoms with Crippen molar-refractivity contribution in [1.29, 1.82) is 0 Å². The summed E-state index contributed by atoms with van der Waals surface area (Å²) < 4.78 is 19.7. The molecule has 1 spiro atoms. The van der Waals surface area contributed by atoms with Crippen LogP contribution in [0, 0.1) is 0 Å². The molecule has 0 aromatic heterocycles. The number of aliphatic imine (C=N–C) groups is 1. The number of benzene rings is 1. The molecule has 31 heavy (non-hydrogen) atoms. The number of carbonyl (C=O) groups is 1. The number of piperidine rings is 1. The number of amides is 2. The molecule has 2 amide bonds. The lowest BCUT2D eigenvalue weighted by molar-refractivity contribution is 0.121. The molecule has 0 radical (unpaired) electrons. The Morgan fingerprint density at radius 1 is 1.35 bits per heavy atom. The van der Waals surface area contributed by atoms with Gasteiger partial charge in [-0.15, -0.1) is 0 Å². The number of carbonyl (C=O) groups excluding carboxylic acids is 1. The van der Waals surface area contributed by atoms with Gasteiger partial charge in [-0.1, -0.05) is 24.3 Å². The molecule has 0 saturated carbocycles. The predicted molar refractivity (Wildman–Crippen MR) is 121 cm³/mol. The number of nitrogens with two attached hydrogens (primary N) is 1. The lowest BCUT2D eigenvalue weighted by Crippen LogP contribution is -2.57. The van der Waals surface area contributed by atoms with Crippen molar-refractivity contribution in [2.75, 3.05) is 13.1 Å². The molecule has 0 unspecified atom stereocenters.